The van der Waals surface area contributed by atoms with Crippen LogP contribution in [-0.2, 0) is 5.41 Å². The lowest BCUT2D eigenvalue weighted by molar-refractivity contribution is 0.768. The van der Waals surface area contributed by atoms with E-state index in [1.54, 1.807) is 0 Å². The summed E-state index contributed by atoms with van der Waals surface area (Å²) in [6.45, 7) is 2.08. The highest BCUT2D eigenvalue weighted by Gasteiger charge is 2.53. The van der Waals surface area contributed by atoms with E-state index in [9.17, 15) is 0 Å². The molecule has 1 atom stereocenters. The highest BCUT2D eigenvalue weighted by atomic mass is 14.9. The molecule has 1 unspecified atom stereocenters. The number of hydrogen-bond donors (Lipinski definition) is 0. The second kappa shape index (κ2) is 8.10. The molecule has 0 bridgehead atoms. The Hall–Kier alpha value is -4.30. The highest BCUT2D eigenvalue weighted by molar-refractivity contribution is 6.00. The third-order valence-corrected chi connectivity index (χ3v) is 8.74. The molecule has 4 aromatic rings. The van der Waals surface area contributed by atoms with Gasteiger partial charge in [-0.05, 0) is 83.2 Å². The molecule has 182 valence electrons. The highest BCUT2D eigenvalue weighted by Crippen LogP contribution is 2.64. The summed E-state index contributed by atoms with van der Waals surface area (Å²) in [7, 11) is 0. The summed E-state index contributed by atoms with van der Waals surface area (Å²) in [5, 5.41) is 0. The first kappa shape index (κ1) is 21.8. The molecule has 0 aliphatic heterocycles. The Morgan fingerprint density at radius 1 is 0.658 bits per heavy atom. The van der Waals surface area contributed by atoms with E-state index in [4.69, 9.17) is 9.97 Å². The average Bonchev–Trinajstić information content (AvgIpc) is 3.45. The van der Waals surface area contributed by atoms with Crippen molar-refractivity contribution in [3.63, 3.8) is 0 Å². The second-order valence-electron chi connectivity index (χ2n) is 10.8. The van der Waals surface area contributed by atoms with E-state index in [1.807, 2.05) is 6.07 Å². The van der Waals surface area contributed by atoms with Crippen LogP contribution in [0.15, 0.2) is 114 Å². The van der Waals surface area contributed by atoms with Crippen molar-refractivity contribution in [2.45, 2.75) is 38.0 Å². The van der Waals surface area contributed by atoms with E-state index in [0.717, 1.165) is 48.5 Å². The molecule has 0 amide bonds. The minimum absolute atomic E-state index is 0.245. The van der Waals surface area contributed by atoms with Gasteiger partial charge in [-0.25, -0.2) is 9.97 Å². The molecular formula is C36H28N2. The summed E-state index contributed by atoms with van der Waals surface area (Å²) >= 11 is 0. The summed E-state index contributed by atoms with van der Waals surface area (Å²) in [6.07, 6.45) is 14.0. The van der Waals surface area contributed by atoms with Crippen LogP contribution in [0.1, 0.15) is 53.6 Å². The minimum atomic E-state index is -0.245. The van der Waals surface area contributed by atoms with Gasteiger partial charge < -0.3 is 0 Å². The number of allylic oxidation sites excluding steroid dienone is 8. The van der Waals surface area contributed by atoms with Gasteiger partial charge in [0.1, 0.15) is 0 Å². The van der Waals surface area contributed by atoms with Gasteiger partial charge in [-0.15, -0.1) is 0 Å². The Morgan fingerprint density at radius 2 is 1.34 bits per heavy atom. The molecule has 1 spiro atoms. The van der Waals surface area contributed by atoms with E-state index >= 15 is 0 Å². The fourth-order valence-corrected chi connectivity index (χ4v) is 7.34. The van der Waals surface area contributed by atoms with Crippen molar-refractivity contribution in [2.75, 3.05) is 0 Å². The van der Waals surface area contributed by atoms with Gasteiger partial charge in [0, 0.05) is 16.8 Å². The van der Waals surface area contributed by atoms with Crippen LogP contribution in [-0.4, -0.2) is 9.97 Å². The standard InChI is InChI=1S/C36H28N2/c1-23-22-33(38-35(37-23)24-12-3-2-4-13-24)28-17-11-21-32-34(28)27-16-7-10-20-31(27)36(32)29-18-8-5-14-25(29)26-15-6-9-19-30(26)36/h2-5,8-14,17-22H,6-7,15-16H2,1H3. The predicted octanol–water partition coefficient (Wildman–Crippen LogP) is 8.64. The van der Waals surface area contributed by atoms with E-state index in [2.05, 4.69) is 104 Å². The van der Waals surface area contributed by atoms with Crippen molar-refractivity contribution in [3.8, 4) is 22.6 Å². The van der Waals surface area contributed by atoms with Gasteiger partial charge in [0.25, 0.3) is 0 Å². The number of benzene rings is 3. The van der Waals surface area contributed by atoms with Crippen molar-refractivity contribution < 1.29 is 0 Å². The third-order valence-electron chi connectivity index (χ3n) is 8.74. The Morgan fingerprint density at radius 3 is 2.18 bits per heavy atom. The smallest absolute Gasteiger partial charge is 0.160 e. The Balaban J connectivity index is 1.44. The van der Waals surface area contributed by atoms with E-state index in [0.29, 0.717) is 0 Å². The van der Waals surface area contributed by atoms with Gasteiger partial charge in [-0.3, -0.25) is 0 Å². The monoisotopic (exact) mass is 488 g/mol. The number of fused-ring (bicyclic) bond motifs is 8. The maximum absolute atomic E-state index is 5.15. The topological polar surface area (TPSA) is 25.8 Å². The second-order valence-corrected chi connectivity index (χ2v) is 10.8. The molecule has 0 saturated carbocycles. The fourth-order valence-electron chi connectivity index (χ4n) is 7.34. The first-order chi connectivity index (χ1) is 18.8. The van der Waals surface area contributed by atoms with Gasteiger partial charge in [-0.2, -0.15) is 0 Å². The zero-order valence-corrected chi connectivity index (χ0v) is 21.5. The van der Waals surface area contributed by atoms with Crippen molar-refractivity contribution in [3.05, 3.63) is 142 Å². The Bertz CT molecular complexity index is 1770. The summed E-state index contributed by atoms with van der Waals surface area (Å²) < 4.78 is 0. The van der Waals surface area contributed by atoms with E-state index < -0.39 is 0 Å². The fraction of sp³-hybridized carbons (Fsp3) is 0.167. The normalized spacial score (nSPS) is 20.6. The number of aryl methyl sites for hydroxylation is 1. The molecular weight excluding hydrogens is 460 g/mol. The first-order valence-corrected chi connectivity index (χ1v) is 13.7. The molecule has 2 nitrogen and oxygen atoms in total. The average molecular weight is 489 g/mol. The molecule has 38 heavy (non-hydrogen) atoms. The van der Waals surface area contributed by atoms with Crippen LogP contribution in [0.5, 0.6) is 0 Å². The molecule has 0 N–H and O–H groups in total. The van der Waals surface area contributed by atoms with Crippen LogP contribution >= 0.6 is 0 Å². The van der Waals surface area contributed by atoms with Crippen LogP contribution in [0.4, 0.5) is 0 Å². The quantitative estimate of drug-likeness (QED) is 0.282. The zero-order valence-electron chi connectivity index (χ0n) is 21.5. The molecule has 1 heterocycles. The lowest BCUT2D eigenvalue weighted by Crippen LogP contribution is -2.28. The lowest BCUT2D eigenvalue weighted by Gasteiger charge is -2.34. The third kappa shape index (κ3) is 2.83. The lowest BCUT2D eigenvalue weighted by atomic mass is 9.67. The van der Waals surface area contributed by atoms with Gasteiger partial charge in [0.05, 0.1) is 11.1 Å². The summed E-state index contributed by atoms with van der Waals surface area (Å²) in [6, 6.07) is 28.5. The first-order valence-electron chi connectivity index (χ1n) is 13.7. The zero-order chi connectivity index (χ0) is 25.3. The number of hydrogen-bond acceptors (Lipinski definition) is 2. The molecule has 2 heteroatoms. The molecule has 0 saturated heterocycles. The van der Waals surface area contributed by atoms with Crippen LogP contribution in [0.25, 0.3) is 33.8 Å². The maximum Gasteiger partial charge on any atom is 0.160 e. The van der Waals surface area contributed by atoms with Gasteiger partial charge >= 0.3 is 0 Å². The van der Waals surface area contributed by atoms with Crippen LogP contribution in [0, 0.1) is 6.92 Å². The Kier molecular flexibility index (Phi) is 4.64. The number of aromatic nitrogens is 2. The Labute approximate surface area is 223 Å². The summed E-state index contributed by atoms with van der Waals surface area (Å²) in [5.74, 6) is 0.787. The van der Waals surface area contributed by atoms with Crippen LogP contribution in [0.2, 0.25) is 0 Å². The minimum Gasteiger partial charge on any atom is -0.233 e. The largest absolute Gasteiger partial charge is 0.233 e. The molecule has 8 rings (SSSR count). The maximum atomic E-state index is 5.15. The van der Waals surface area contributed by atoms with Crippen molar-refractivity contribution >= 4 is 11.1 Å². The van der Waals surface area contributed by atoms with E-state index in [-0.39, 0.29) is 5.41 Å². The molecule has 1 aromatic heterocycles. The van der Waals surface area contributed by atoms with Crippen molar-refractivity contribution in [1.82, 2.24) is 9.97 Å². The molecule has 4 aliphatic carbocycles. The van der Waals surface area contributed by atoms with Crippen molar-refractivity contribution in [1.29, 1.82) is 0 Å². The van der Waals surface area contributed by atoms with Crippen LogP contribution in [0.3, 0.4) is 0 Å². The number of nitrogens with zero attached hydrogens (tertiary/aromatic N) is 2. The van der Waals surface area contributed by atoms with Gasteiger partial charge in [-0.1, -0.05) is 97.1 Å². The van der Waals surface area contributed by atoms with Gasteiger partial charge in [0.2, 0.25) is 0 Å². The van der Waals surface area contributed by atoms with Gasteiger partial charge in [0.15, 0.2) is 5.82 Å². The van der Waals surface area contributed by atoms with Crippen LogP contribution < -0.4 is 0 Å². The molecule has 0 radical (unpaired) electrons. The van der Waals surface area contributed by atoms with Crippen molar-refractivity contribution in [2.24, 2.45) is 0 Å². The summed E-state index contributed by atoms with van der Waals surface area (Å²) in [4.78, 5) is 9.96. The van der Waals surface area contributed by atoms with E-state index in [1.165, 1.54) is 50.1 Å². The molecule has 4 aliphatic rings. The summed E-state index contributed by atoms with van der Waals surface area (Å²) in [5.41, 5.74) is 15.6. The number of rotatable bonds is 2. The molecule has 0 fully saturated rings. The molecule has 3 aromatic carbocycles. The SMILES string of the molecule is Cc1cc(-c2cccc3c2C2=C(C=CCC2)C32C3=C(CCC=C3)c3ccccc32)nc(-c2ccccc2)n1. The predicted molar refractivity (Wildman–Crippen MR) is 155 cm³/mol.